The van der Waals surface area contributed by atoms with Crippen LogP contribution in [0.2, 0.25) is 0 Å². The lowest BCUT2D eigenvalue weighted by molar-refractivity contribution is 0.0923. The summed E-state index contributed by atoms with van der Waals surface area (Å²) in [5.41, 5.74) is 8.12. The minimum Gasteiger partial charge on any atom is -0.348 e. The van der Waals surface area contributed by atoms with Gasteiger partial charge in [-0.1, -0.05) is 23.8 Å². The second-order valence-electron chi connectivity index (χ2n) is 5.89. The monoisotopic (exact) mass is 299 g/mol. The van der Waals surface area contributed by atoms with E-state index in [9.17, 15) is 4.79 Å². The van der Waals surface area contributed by atoms with Gasteiger partial charge >= 0.3 is 0 Å². The van der Waals surface area contributed by atoms with Crippen molar-refractivity contribution < 1.29 is 4.79 Å². The number of nitrogens with two attached hydrogens (primary N) is 1. The Morgan fingerprint density at radius 2 is 2.32 bits per heavy atom. The number of carbonyl (C=O) groups is 1. The second-order valence-corrected chi connectivity index (χ2v) is 5.89. The molecule has 2 atom stereocenters. The van der Waals surface area contributed by atoms with E-state index in [1.807, 2.05) is 31.2 Å². The van der Waals surface area contributed by atoms with Crippen molar-refractivity contribution in [3.8, 4) is 5.69 Å². The van der Waals surface area contributed by atoms with Crippen LogP contribution in [-0.4, -0.2) is 33.5 Å². The lowest BCUT2D eigenvalue weighted by Gasteiger charge is -2.18. The van der Waals surface area contributed by atoms with E-state index in [1.54, 1.807) is 10.9 Å². The summed E-state index contributed by atoms with van der Waals surface area (Å²) in [5, 5.41) is 11.1. The SMILES string of the molecule is Cc1cccc(-n2cc(C(=O)NC3CCCC3CN)nn2)c1. The standard InChI is InChI=1S/C16H21N5O/c1-11-4-2-6-13(8-11)21-10-15(19-20-21)16(22)18-14-7-3-5-12(14)9-17/h2,4,6,8,10,12,14H,3,5,7,9,17H2,1H3,(H,18,22). The minimum atomic E-state index is -0.177. The highest BCUT2D eigenvalue weighted by atomic mass is 16.2. The molecular formula is C16H21N5O. The zero-order valence-electron chi connectivity index (χ0n) is 12.7. The van der Waals surface area contributed by atoms with Crippen molar-refractivity contribution >= 4 is 5.91 Å². The van der Waals surface area contributed by atoms with Gasteiger partial charge in [0.1, 0.15) is 0 Å². The van der Waals surface area contributed by atoms with Crippen molar-refractivity contribution in [3.63, 3.8) is 0 Å². The van der Waals surface area contributed by atoms with E-state index in [1.165, 1.54) is 0 Å². The molecule has 2 unspecified atom stereocenters. The van der Waals surface area contributed by atoms with Crippen LogP contribution in [0.4, 0.5) is 0 Å². The second kappa shape index (κ2) is 6.27. The molecule has 0 spiro atoms. The van der Waals surface area contributed by atoms with Crippen LogP contribution in [0.3, 0.4) is 0 Å². The summed E-state index contributed by atoms with van der Waals surface area (Å²) in [6.45, 7) is 2.63. The minimum absolute atomic E-state index is 0.154. The molecule has 1 aromatic heterocycles. The molecule has 116 valence electrons. The van der Waals surface area contributed by atoms with E-state index in [0.717, 1.165) is 30.5 Å². The number of hydrogen-bond acceptors (Lipinski definition) is 4. The van der Waals surface area contributed by atoms with Gasteiger partial charge in [0, 0.05) is 6.04 Å². The molecule has 3 N–H and O–H groups in total. The summed E-state index contributed by atoms with van der Waals surface area (Å²) in [6, 6.07) is 8.06. The van der Waals surface area contributed by atoms with Crippen molar-refractivity contribution in [2.24, 2.45) is 11.7 Å². The molecule has 1 aromatic carbocycles. The quantitative estimate of drug-likeness (QED) is 0.894. The molecular weight excluding hydrogens is 278 g/mol. The van der Waals surface area contributed by atoms with Gasteiger partial charge in [0.25, 0.3) is 5.91 Å². The lowest BCUT2D eigenvalue weighted by Crippen LogP contribution is -2.40. The molecule has 1 amide bonds. The highest BCUT2D eigenvalue weighted by Crippen LogP contribution is 2.24. The maximum absolute atomic E-state index is 12.3. The summed E-state index contributed by atoms with van der Waals surface area (Å²) in [7, 11) is 0. The van der Waals surface area contributed by atoms with Crippen LogP contribution < -0.4 is 11.1 Å². The Morgan fingerprint density at radius 1 is 1.45 bits per heavy atom. The van der Waals surface area contributed by atoms with Gasteiger partial charge in [0.05, 0.1) is 11.9 Å². The fourth-order valence-electron chi connectivity index (χ4n) is 3.02. The third-order valence-corrected chi connectivity index (χ3v) is 4.27. The molecule has 2 aromatic rings. The average Bonchev–Trinajstić information content (AvgIpc) is 3.16. The maximum Gasteiger partial charge on any atom is 0.273 e. The molecule has 0 saturated heterocycles. The maximum atomic E-state index is 12.3. The van der Waals surface area contributed by atoms with Gasteiger partial charge in [0.2, 0.25) is 0 Å². The first-order chi connectivity index (χ1) is 10.7. The summed E-state index contributed by atoms with van der Waals surface area (Å²) < 4.78 is 1.62. The molecule has 0 radical (unpaired) electrons. The summed E-state index contributed by atoms with van der Waals surface area (Å²) in [6.07, 6.45) is 4.84. The first-order valence-electron chi connectivity index (χ1n) is 7.67. The van der Waals surface area contributed by atoms with Gasteiger partial charge in [-0.25, -0.2) is 4.68 Å². The normalized spacial score (nSPS) is 21.0. The van der Waals surface area contributed by atoms with E-state index >= 15 is 0 Å². The number of benzene rings is 1. The van der Waals surface area contributed by atoms with Crippen LogP contribution in [0.5, 0.6) is 0 Å². The van der Waals surface area contributed by atoms with Gasteiger partial charge in [-0.05, 0) is 49.9 Å². The largest absolute Gasteiger partial charge is 0.348 e. The number of aromatic nitrogens is 3. The van der Waals surface area contributed by atoms with Gasteiger partial charge < -0.3 is 11.1 Å². The zero-order chi connectivity index (χ0) is 15.5. The molecule has 1 heterocycles. The molecule has 1 saturated carbocycles. The molecule has 3 rings (SSSR count). The van der Waals surface area contributed by atoms with E-state index in [2.05, 4.69) is 15.6 Å². The van der Waals surface area contributed by atoms with E-state index in [4.69, 9.17) is 5.73 Å². The fraction of sp³-hybridized carbons (Fsp3) is 0.438. The van der Waals surface area contributed by atoms with Crippen molar-refractivity contribution in [2.75, 3.05) is 6.54 Å². The van der Waals surface area contributed by atoms with Crippen molar-refractivity contribution in [1.29, 1.82) is 0 Å². The molecule has 1 aliphatic rings. The summed E-state index contributed by atoms with van der Waals surface area (Å²) in [5.74, 6) is 0.194. The first kappa shape index (κ1) is 14.7. The average molecular weight is 299 g/mol. The predicted octanol–water partition coefficient (Wildman–Crippen LogP) is 1.43. The number of rotatable bonds is 4. The number of amides is 1. The van der Waals surface area contributed by atoms with Crippen molar-refractivity contribution in [1.82, 2.24) is 20.3 Å². The Balaban J connectivity index is 1.72. The van der Waals surface area contributed by atoms with Crippen LogP contribution in [0.1, 0.15) is 35.3 Å². The first-order valence-corrected chi connectivity index (χ1v) is 7.67. The number of carbonyl (C=O) groups excluding carboxylic acids is 1. The Hall–Kier alpha value is -2.21. The van der Waals surface area contributed by atoms with Crippen LogP contribution in [0, 0.1) is 12.8 Å². The Morgan fingerprint density at radius 3 is 3.09 bits per heavy atom. The van der Waals surface area contributed by atoms with E-state index in [0.29, 0.717) is 18.2 Å². The topological polar surface area (TPSA) is 85.8 Å². The smallest absolute Gasteiger partial charge is 0.273 e. The van der Waals surface area contributed by atoms with Crippen LogP contribution >= 0.6 is 0 Å². The molecule has 0 aliphatic heterocycles. The van der Waals surface area contributed by atoms with Crippen LogP contribution in [-0.2, 0) is 0 Å². The Labute approximate surface area is 129 Å². The van der Waals surface area contributed by atoms with Gasteiger partial charge in [-0.2, -0.15) is 0 Å². The van der Waals surface area contributed by atoms with Gasteiger partial charge in [-0.15, -0.1) is 5.10 Å². The third-order valence-electron chi connectivity index (χ3n) is 4.27. The highest BCUT2D eigenvalue weighted by molar-refractivity contribution is 5.92. The zero-order valence-corrected chi connectivity index (χ0v) is 12.7. The predicted molar refractivity (Wildman–Crippen MR) is 83.7 cm³/mol. The van der Waals surface area contributed by atoms with Crippen LogP contribution in [0.15, 0.2) is 30.5 Å². The summed E-state index contributed by atoms with van der Waals surface area (Å²) >= 11 is 0. The molecule has 1 aliphatic carbocycles. The molecule has 1 fully saturated rings. The third kappa shape index (κ3) is 3.01. The fourth-order valence-corrected chi connectivity index (χ4v) is 3.02. The molecule has 6 nitrogen and oxygen atoms in total. The van der Waals surface area contributed by atoms with Crippen molar-refractivity contribution in [2.45, 2.75) is 32.2 Å². The Bertz CT molecular complexity index is 666. The van der Waals surface area contributed by atoms with Crippen LogP contribution in [0.25, 0.3) is 5.69 Å². The number of aryl methyl sites for hydroxylation is 1. The Kier molecular flexibility index (Phi) is 4.20. The summed E-state index contributed by atoms with van der Waals surface area (Å²) in [4.78, 5) is 12.3. The lowest BCUT2D eigenvalue weighted by atomic mass is 10.0. The van der Waals surface area contributed by atoms with Gasteiger partial charge in [0.15, 0.2) is 5.69 Å². The molecule has 22 heavy (non-hydrogen) atoms. The number of nitrogens with one attached hydrogen (secondary N) is 1. The number of hydrogen-bond donors (Lipinski definition) is 2. The number of nitrogens with zero attached hydrogens (tertiary/aromatic N) is 3. The highest BCUT2D eigenvalue weighted by Gasteiger charge is 2.28. The van der Waals surface area contributed by atoms with E-state index in [-0.39, 0.29) is 11.9 Å². The molecule has 0 bridgehead atoms. The van der Waals surface area contributed by atoms with Gasteiger partial charge in [-0.3, -0.25) is 4.79 Å². The molecule has 6 heteroatoms. The van der Waals surface area contributed by atoms with E-state index < -0.39 is 0 Å². The van der Waals surface area contributed by atoms with Crippen molar-refractivity contribution in [3.05, 3.63) is 41.7 Å².